The van der Waals surface area contributed by atoms with Gasteiger partial charge in [0.15, 0.2) is 9.84 Å². The highest BCUT2D eigenvalue weighted by atomic mass is 32.2. The lowest BCUT2D eigenvalue weighted by Crippen LogP contribution is -2.25. The molecule has 0 radical (unpaired) electrons. The molecule has 1 N–H and O–H groups in total. The van der Waals surface area contributed by atoms with E-state index in [2.05, 4.69) is 12.2 Å². The maximum atomic E-state index is 11.6. The van der Waals surface area contributed by atoms with Crippen LogP contribution in [0.1, 0.15) is 40.0 Å². The summed E-state index contributed by atoms with van der Waals surface area (Å²) < 4.78 is 23.2. The number of hydrogen-bond donors (Lipinski definition) is 1. The second kappa shape index (κ2) is 7.23. The molecule has 0 aromatic rings. The van der Waals surface area contributed by atoms with E-state index in [0.717, 1.165) is 19.3 Å². The lowest BCUT2D eigenvalue weighted by Gasteiger charge is -2.13. The van der Waals surface area contributed by atoms with Crippen molar-refractivity contribution in [3.8, 4) is 0 Å². The van der Waals surface area contributed by atoms with E-state index in [9.17, 15) is 8.42 Å². The Kier molecular flexibility index (Phi) is 7.18. The summed E-state index contributed by atoms with van der Waals surface area (Å²) in [4.78, 5) is 0. The Bertz CT molecular complexity index is 243. The first kappa shape index (κ1) is 14.9. The number of nitrogens with one attached hydrogen (secondary N) is 1. The third-order valence-electron chi connectivity index (χ3n) is 2.50. The van der Waals surface area contributed by atoms with Crippen molar-refractivity contribution >= 4 is 9.84 Å². The van der Waals surface area contributed by atoms with Crippen molar-refractivity contribution in [2.45, 2.75) is 46.1 Å². The van der Waals surface area contributed by atoms with Crippen molar-refractivity contribution in [1.82, 2.24) is 5.32 Å². The first-order valence-electron chi connectivity index (χ1n) is 5.79. The van der Waals surface area contributed by atoms with Gasteiger partial charge in [-0.05, 0) is 32.2 Å². The zero-order valence-electron chi connectivity index (χ0n) is 10.4. The number of hydrogen-bond acceptors (Lipinski definition) is 3. The van der Waals surface area contributed by atoms with Crippen LogP contribution in [0.15, 0.2) is 0 Å². The molecule has 0 spiro atoms. The lowest BCUT2D eigenvalue weighted by atomic mass is 10.1. The van der Waals surface area contributed by atoms with Crippen molar-refractivity contribution in [3.05, 3.63) is 0 Å². The van der Waals surface area contributed by atoms with Crippen molar-refractivity contribution in [1.29, 1.82) is 0 Å². The number of sulfone groups is 1. The molecule has 92 valence electrons. The zero-order valence-corrected chi connectivity index (χ0v) is 11.2. The SMILES string of the molecule is CCC(CCCS(=O)(=O)CC(C)C)NC. The Balaban J connectivity index is 3.84. The molecule has 3 nitrogen and oxygen atoms in total. The van der Waals surface area contributed by atoms with Gasteiger partial charge in [-0.3, -0.25) is 0 Å². The second-order valence-electron chi connectivity index (χ2n) is 4.54. The highest BCUT2D eigenvalue weighted by Crippen LogP contribution is 2.06. The topological polar surface area (TPSA) is 46.2 Å². The van der Waals surface area contributed by atoms with E-state index in [1.165, 1.54) is 0 Å². The maximum absolute atomic E-state index is 11.6. The van der Waals surface area contributed by atoms with Crippen LogP contribution in [-0.4, -0.2) is 33.0 Å². The molecule has 1 atom stereocenters. The summed E-state index contributed by atoms with van der Waals surface area (Å²) in [5.41, 5.74) is 0. The molecule has 15 heavy (non-hydrogen) atoms. The molecule has 1 unspecified atom stereocenters. The molecule has 4 heteroatoms. The van der Waals surface area contributed by atoms with Gasteiger partial charge in [0.25, 0.3) is 0 Å². The molecule has 0 aliphatic heterocycles. The molecule has 0 rings (SSSR count). The Hall–Kier alpha value is -0.0900. The first-order valence-corrected chi connectivity index (χ1v) is 7.61. The quantitative estimate of drug-likeness (QED) is 0.698. The molecule has 0 amide bonds. The molecule has 0 saturated carbocycles. The van der Waals surface area contributed by atoms with Gasteiger partial charge in [0.2, 0.25) is 0 Å². The molecule has 0 aliphatic carbocycles. The van der Waals surface area contributed by atoms with E-state index < -0.39 is 9.84 Å². The van der Waals surface area contributed by atoms with Crippen LogP contribution in [0.25, 0.3) is 0 Å². The van der Waals surface area contributed by atoms with Gasteiger partial charge in [-0.1, -0.05) is 20.8 Å². The van der Waals surface area contributed by atoms with Gasteiger partial charge in [-0.2, -0.15) is 0 Å². The van der Waals surface area contributed by atoms with Crippen LogP contribution in [0.3, 0.4) is 0 Å². The molecule has 0 bridgehead atoms. The molecule has 0 aromatic carbocycles. The van der Waals surface area contributed by atoms with Crippen molar-refractivity contribution in [2.24, 2.45) is 5.92 Å². The monoisotopic (exact) mass is 235 g/mol. The minimum Gasteiger partial charge on any atom is -0.317 e. The summed E-state index contributed by atoms with van der Waals surface area (Å²) >= 11 is 0. The fourth-order valence-electron chi connectivity index (χ4n) is 1.69. The van der Waals surface area contributed by atoms with Crippen LogP contribution in [0.4, 0.5) is 0 Å². The van der Waals surface area contributed by atoms with Gasteiger partial charge in [0.1, 0.15) is 0 Å². The zero-order chi connectivity index (χ0) is 11.9. The normalized spacial score (nSPS) is 14.5. The van der Waals surface area contributed by atoms with Crippen LogP contribution in [0.2, 0.25) is 0 Å². The summed E-state index contributed by atoms with van der Waals surface area (Å²) in [5, 5.41) is 3.18. The summed E-state index contributed by atoms with van der Waals surface area (Å²) in [6, 6.07) is 0.458. The van der Waals surface area contributed by atoms with Gasteiger partial charge >= 0.3 is 0 Å². The predicted molar refractivity (Wildman–Crippen MR) is 65.9 cm³/mol. The van der Waals surface area contributed by atoms with Gasteiger partial charge in [-0.15, -0.1) is 0 Å². The smallest absolute Gasteiger partial charge is 0.150 e. The molecule has 0 aromatic heterocycles. The predicted octanol–water partition coefficient (Wildman–Crippen LogP) is 1.84. The van der Waals surface area contributed by atoms with E-state index in [1.54, 1.807) is 0 Å². The average Bonchev–Trinajstić information content (AvgIpc) is 2.10. The van der Waals surface area contributed by atoms with Crippen LogP contribution in [0, 0.1) is 5.92 Å². The second-order valence-corrected chi connectivity index (χ2v) is 6.77. The average molecular weight is 235 g/mol. The van der Waals surface area contributed by atoms with E-state index >= 15 is 0 Å². The third kappa shape index (κ3) is 7.79. The Morgan fingerprint density at radius 2 is 1.87 bits per heavy atom. The number of rotatable bonds is 8. The highest BCUT2D eigenvalue weighted by molar-refractivity contribution is 7.91. The fraction of sp³-hybridized carbons (Fsp3) is 1.00. The van der Waals surface area contributed by atoms with Gasteiger partial charge < -0.3 is 5.32 Å². The largest absolute Gasteiger partial charge is 0.317 e. The minimum absolute atomic E-state index is 0.237. The molecule has 0 heterocycles. The minimum atomic E-state index is -2.82. The maximum Gasteiger partial charge on any atom is 0.150 e. The van der Waals surface area contributed by atoms with E-state index in [4.69, 9.17) is 0 Å². The first-order chi connectivity index (χ1) is 6.91. The Morgan fingerprint density at radius 1 is 1.27 bits per heavy atom. The van der Waals surface area contributed by atoms with E-state index in [0.29, 0.717) is 17.5 Å². The lowest BCUT2D eigenvalue weighted by molar-refractivity contribution is 0.499. The molecule has 0 aliphatic rings. The Morgan fingerprint density at radius 3 is 2.27 bits per heavy atom. The van der Waals surface area contributed by atoms with Gasteiger partial charge in [-0.25, -0.2) is 8.42 Å². The summed E-state index contributed by atoms with van der Waals surface area (Å²) in [7, 11) is -0.893. The van der Waals surface area contributed by atoms with E-state index in [-0.39, 0.29) is 5.92 Å². The molecular weight excluding hydrogens is 210 g/mol. The third-order valence-corrected chi connectivity index (χ3v) is 4.58. The molecular formula is C11H25NO2S. The standard InChI is InChI=1S/C11H25NO2S/c1-5-11(12-4)7-6-8-15(13,14)9-10(2)3/h10-12H,5-9H2,1-4H3. The van der Waals surface area contributed by atoms with Gasteiger partial charge in [0, 0.05) is 6.04 Å². The van der Waals surface area contributed by atoms with Crippen LogP contribution in [-0.2, 0) is 9.84 Å². The van der Waals surface area contributed by atoms with Crippen LogP contribution in [0.5, 0.6) is 0 Å². The molecule has 0 fully saturated rings. The Labute approximate surface area is 94.6 Å². The van der Waals surface area contributed by atoms with Crippen molar-refractivity contribution in [3.63, 3.8) is 0 Å². The highest BCUT2D eigenvalue weighted by Gasteiger charge is 2.13. The van der Waals surface area contributed by atoms with E-state index in [1.807, 2.05) is 20.9 Å². The van der Waals surface area contributed by atoms with Crippen molar-refractivity contribution in [2.75, 3.05) is 18.6 Å². The summed E-state index contributed by atoms with van der Waals surface area (Å²) in [5.74, 6) is 0.897. The van der Waals surface area contributed by atoms with Crippen LogP contribution < -0.4 is 5.32 Å². The van der Waals surface area contributed by atoms with Crippen LogP contribution >= 0.6 is 0 Å². The van der Waals surface area contributed by atoms with Gasteiger partial charge in [0.05, 0.1) is 11.5 Å². The van der Waals surface area contributed by atoms with Crippen molar-refractivity contribution < 1.29 is 8.42 Å². The fourth-order valence-corrected chi connectivity index (χ4v) is 3.48. The summed E-state index contributed by atoms with van der Waals surface area (Å²) in [6.07, 6.45) is 2.78. The summed E-state index contributed by atoms with van der Waals surface area (Å²) in [6.45, 7) is 6.00. The molecule has 0 saturated heterocycles.